The molecule has 2 aliphatic rings. The monoisotopic (exact) mass is 475 g/mol. The number of hydrogen-bond donors (Lipinski definition) is 1. The van der Waals surface area contributed by atoms with Crippen LogP contribution in [0.4, 0.5) is 24.5 Å². The number of nitriles is 1. The molecule has 0 atom stereocenters. The van der Waals surface area contributed by atoms with Gasteiger partial charge in [0, 0.05) is 31.4 Å². The van der Waals surface area contributed by atoms with Gasteiger partial charge in [0.15, 0.2) is 0 Å². The van der Waals surface area contributed by atoms with Gasteiger partial charge in [0.25, 0.3) is 5.56 Å². The Hall–Kier alpha value is -3.26. The smallest absolute Gasteiger partial charge is 0.406 e. The van der Waals surface area contributed by atoms with E-state index in [1.807, 2.05) is 11.8 Å². The molecule has 33 heavy (non-hydrogen) atoms. The van der Waals surface area contributed by atoms with Crippen LogP contribution >= 0.6 is 11.3 Å². The molecular weight excluding hydrogens is 455 g/mol. The number of alkyl halides is 3. The number of pyridine rings is 1. The molecule has 7 nitrogen and oxygen atoms in total. The summed E-state index contributed by atoms with van der Waals surface area (Å²) in [6.07, 6.45) is -2.75. The molecule has 5 rings (SSSR count). The van der Waals surface area contributed by atoms with Gasteiger partial charge in [-0.2, -0.15) is 5.26 Å². The summed E-state index contributed by atoms with van der Waals surface area (Å²) in [4.78, 5) is 20.2. The van der Waals surface area contributed by atoms with Crippen LogP contribution in [-0.4, -0.2) is 34.5 Å². The van der Waals surface area contributed by atoms with Crippen LogP contribution in [0, 0.1) is 18.3 Å². The van der Waals surface area contributed by atoms with E-state index >= 15 is 0 Å². The van der Waals surface area contributed by atoms with E-state index in [1.54, 1.807) is 13.1 Å². The number of benzene rings is 1. The molecule has 2 aromatic heterocycles. The van der Waals surface area contributed by atoms with Gasteiger partial charge < -0.3 is 19.5 Å². The summed E-state index contributed by atoms with van der Waals surface area (Å²) in [5, 5.41) is 14.0. The first-order chi connectivity index (χ1) is 15.6. The first-order valence-corrected chi connectivity index (χ1v) is 11.2. The Kier molecular flexibility index (Phi) is 4.83. The molecule has 1 spiro atoms. The zero-order valence-electron chi connectivity index (χ0n) is 17.9. The third kappa shape index (κ3) is 3.68. The zero-order valence-corrected chi connectivity index (χ0v) is 18.7. The van der Waals surface area contributed by atoms with Gasteiger partial charge in [0.05, 0.1) is 10.7 Å². The van der Waals surface area contributed by atoms with Crippen LogP contribution in [-0.2, 0) is 13.5 Å². The Bertz CT molecular complexity index is 1360. The van der Waals surface area contributed by atoms with E-state index in [-0.39, 0.29) is 22.4 Å². The second-order valence-corrected chi connectivity index (χ2v) is 9.70. The van der Waals surface area contributed by atoms with Crippen LogP contribution in [0.15, 0.2) is 23.0 Å². The molecule has 2 aliphatic heterocycles. The quantitative estimate of drug-likeness (QED) is 0.602. The van der Waals surface area contributed by atoms with Crippen molar-refractivity contribution >= 4 is 33.1 Å². The number of aromatic nitrogens is 2. The minimum Gasteiger partial charge on any atom is -0.406 e. The maximum Gasteiger partial charge on any atom is 0.573 e. The Morgan fingerprint density at radius 1 is 1.30 bits per heavy atom. The zero-order chi connectivity index (χ0) is 23.5. The maximum absolute atomic E-state index is 12.8. The second kappa shape index (κ2) is 7.38. The topological polar surface area (TPSA) is 83.2 Å². The summed E-state index contributed by atoms with van der Waals surface area (Å²) < 4.78 is 43.3. The predicted octanol–water partition coefficient (Wildman–Crippen LogP) is 4.08. The van der Waals surface area contributed by atoms with Crippen molar-refractivity contribution in [2.45, 2.75) is 38.1 Å². The van der Waals surface area contributed by atoms with Crippen molar-refractivity contribution in [3.05, 3.63) is 44.7 Å². The van der Waals surface area contributed by atoms with E-state index < -0.39 is 6.36 Å². The number of ether oxygens (including phenoxy) is 1. The summed E-state index contributed by atoms with van der Waals surface area (Å²) in [5.74, 6) is -0.224. The van der Waals surface area contributed by atoms with Crippen molar-refractivity contribution < 1.29 is 17.9 Å². The average molecular weight is 475 g/mol. The Morgan fingerprint density at radius 3 is 2.70 bits per heavy atom. The van der Waals surface area contributed by atoms with Gasteiger partial charge in [-0.1, -0.05) is 0 Å². The van der Waals surface area contributed by atoms with E-state index in [1.165, 1.54) is 28.0 Å². The van der Waals surface area contributed by atoms with Gasteiger partial charge in [-0.25, -0.2) is 4.98 Å². The lowest BCUT2D eigenvalue weighted by Crippen LogP contribution is -2.49. The van der Waals surface area contributed by atoms with Gasteiger partial charge in [0.2, 0.25) is 0 Å². The number of anilines is 2. The van der Waals surface area contributed by atoms with E-state index in [0.29, 0.717) is 43.6 Å². The highest BCUT2D eigenvalue weighted by Gasteiger charge is 2.41. The van der Waals surface area contributed by atoms with Crippen molar-refractivity contribution in [1.82, 2.24) is 9.55 Å². The maximum atomic E-state index is 12.8. The third-order valence-electron chi connectivity index (χ3n) is 6.39. The number of fused-ring (bicyclic) bond motifs is 2. The molecule has 1 aromatic carbocycles. The van der Waals surface area contributed by atoms with Crippen LogP contribution in [0.3, 0.4) is 0 Å². The Labute approximate surface area is 191 Å². The molecule has 0 bridgehead atoms. The molecule has 0 unspecified atom stereocenters. The van der Waals surface area contributed by atoms with Gasteiger partial charge in [-0.3, -0.25) is 4.79 Å². The van der Waals surface area contributed by atoms with Gasteiger partial charge in [-0.05, 0) is 49.9 Å². The largest absolute Gasteiger partial charge is 0.573 e. The molecule has 0 amide bonds. The third-order valence-corrected chi connectivity index (χ3v) is 7.44. The number of piperidine rings is 1. The number of nitrogens with one attached hydrogen (secondary N) is 1. The molecule has 0 aliphatic carbocycles. The average Bonchev–Trinajstić information content (AvgIpc) is 3.30. The summed E-state index contributed by atoms with van der Waals surface area (Å²) in [7, 11) is 1.65. The highest BCUT2D eigenvalue weighted by Crippen LogP contribution is 2.42. The highest BCUT2D eigenvalue weighted by atomic mass is 32.1. The fourth-order valence-corrected chi connectivity index (χ4v) is 5.75. The van der Waals surface area contributed by atoms with E-state index in [0.717, 1.165) is 21.1 Å². The lowest BCUT2D eigenvalue weighted by molar-refractivity contribution is -0.274. The van der Waals surface area contributed by atoms with Crippen LogP contribution in [0.1, 0.15) is 29.0 Å². The minimum absolute atomic E-state index is 0.0860. The Morgan fingerprint density at radius 2 is 2.03 bits per heavy atom. The highest BCUT2D eigenvalue weighted by molar-refractivity contribution is 7.18. The normalized spacial score (nSPS) is 17.2. The lowest BCUT2D eigenvalue weighted by Gasteiger charge is -2.41. The molecule has 1 N–H and O–H groups in total. The molecular formula is C22H20F3N5O2S. The first-order valence-electron chi connectivity index (χ1n) is 10.4. The fraction of sp³-hybridized carbons (Fsp3) is 0.409. The first kappa shape index (κ1) is 21.6. The summed E-state index contributed by atoms with van der Waals surface area (Å²) in [5.41, 5.74) is 2.28. The van der Waals surface area contributed by atoms with Crippen molar-refractivity contribution in [3.8, 4) is 11.8 Å². The van der Waals surface area contributed by atoms with Crippen LogP contribution in [0.25, 0.3) is 10.3 Å². The minimum atomic E-state index is -4.73. The molecule has 1 saturated heterocycles. The molecule has 0 saturated carbocycles. The number of thiazole rings is 1. The molecule has 1 fully saturated rings. The van der Waals surface area contributed by atoms with Crippen LogP contribution in [0.5, 0.6) is 5.75 Å². The number of rotatable bonds is 2. The number of nitrogens with zero attached hydrogens (tertiary/aromatic N) is 4. The van der Waals surface area contributed by atoms with Crippen molar-refractivity contribution in [2.24, 2.45) is 7.05 Å². The summed E-state index contributed by atoms with van der Waals surface area (Å²) in [6.45, 7) is 3.04. The van der Waals surface area contributed by atoms with Gasteiger partial charge in [0.1, 0.15) is 27.7 Å². The second-order valence-electron chi connectivity index (χ2n) is 8.52. The van der Waals surface area contributed by atoms with Crippen LogP contribution in [0.2, 0.25) is 0 Å². The van der Waals surface area contributed by atoms with Gasteiger partial charge >= 0.3 is 6.36 Å². The van der Waals surface area contributed by atoms with Crippen molar-refractivity contribution in [3.63, 3.8) is 0 Å². The van der Waals surface area contributed by atoms with Crippen molar-refractivity contribution in [2.75, 3.05) is 23.3 Å². The predicted molar refractivity (Wildman–Crippen MR) is 119 cm³/mol. The molecule has 11 heteroatoms. The summed E-state index contributed by atoms with van der Waals surface area (Å²) >= 11 is 1.42. The van der Waals surface area contributed by atoms with Gasteiger partial charge in [-0.15, -0.1) is 24.5 Å². The van der Waals surface area contributed by atoms with Crippen LogP contribution < -0.4 is 20.5 Å². The van der Waals surface area contributed by atoms with Crippen molar-refractivity contribution in [1.29, 1.82) is 5.26 Å². The number of halogens is 3. The molecule has 0 radical (unpaired) electrons. The van der Waals surface area contributed by atoms with E-state index in [9.17, 15) is 23.2 Å². The number of hydrogen-bond acceptors (Lipinski definition) is 7. The van der Waals surface area contributed by atoms with E-state index in [4.69, 9.17) is 0 Å². The molecule has 4 heterocycles. The lowest BCUT2D eigenvalue weighted by atomic mass is 9.84. The Balaban J connectivity index is 1.41. The SMILES string of the molecule is Cc1nc2c(N3CCC4(CC3)Cc3cc(OC(F)(F)F)ccc3N4)c(C#N)c(=O)n(C)c2s1. The number of aryl methyl sites for hydroxylation is 2. The fourth-order valence-electron chi connectivity index (χ4n) is 4.88. The summed E-state index contributed by atoms with van der Waals surface area (Å²) in [6, 6.07) is 6.44. The molecule has 172 valence electrons. The molecule has 3 aromatic rings. The van der Waals surface area contributed by atoms with E-state index in [2.05, 4.69) is 21.1 Å². The standard InChI is InChI=1S/C22H20F3N5O2S/c1-12-27-17-18(15(11-26)19(31)29(2)20(17)33-12)30-7-5-21(6-8-30)10-13-9-14(32-22(23,24)25)3-4-16(13)28-21/h3-4,9,28H,5-8,10H2,1-2H3.